The summed E-state index contributed by atoms with van der Waals surface area (Å²) < 4.78 is 5.21. The van der Waals surface area contributed by atoms with Crippen molar-refractivity contribution in [3.05, 3.63) is 35.4 Å². The van der Waals surface area contributed by atoms with Crippen LogP contribution in [0.2, 0.25) is 0 Å². The van der Waals surface area contributed by atoms with Gasteiger partial charge < -0.3 is 14.6 Å². The van der Waals surface area contributed by atoms with Gasteiger partial charge in [-0.3, -0.25) is 9.59 Å². The Balaban J connectivity index is 2.52. The van der Waals surface area contributed by atoms with E-state index < -0.39 is 17.2 Å². The van der Waals surface area contributed by atoms with E-state index in [-0.39, 0.29) is 18.1 Å². The molecule has 0 N–H and O–H groups in total. The van der Waals surface area contributed by atoms with Gasteiger partial charge in [-0.05, 0) is 25.8 Å². The van der Waals surface area contributed by atoms with E-state index in [2.05, 4.69) is 0 Å². The molecule has 0 saturated carbocycles. The van der Waals surface area contributed by atoms with Crippen LogP contribution >= 0.6 is 0 Å². The molecule has 1 rings (SSSR count). The summed E-state index contributed by atoms with van der Waals surface area (Å²) >= 11 is 0. The number of benzene rings is 1. The second-order valence-electron chi connectivity index (χ2n) is 5.44. The van der Waals surface area contributed by atoms with Crippen molar-refractivity contribution in [2.45, 2.75) is 33.6 Å². The van der Waals surface area contributed by atoms with Crippen LogP contribution in [0.5, 0.6) is 0 Å². The zero-order chi connectivity index (χ0) is 16.0. The van der Waals surface area contributed by atoms with Crippen molar-refractivity contribution in [2.24, 2.45) is 5.41 Å². The molecule has 1 aromatic rings. The predicted octanol–water partition coefficient (Wildman–Crippen LogP) is 1.14. The molecule has 0 atom stereocenters. The van der Waals surface area contributed by atoms with Crippen LogP contribution in [0.25, 0.3) is 0 Å². The Morgan fingerprint density at radius 1 is 1.14 bits per heavy atom. The maximum atomic E-state index is 11.8. The number of carboxylic acid groups (broad SMARTS) is 1. The molecule has 0 heterocycles. The second kappa shape index (κ2) is 7.02. The fourth-order valence-corrected chi connectivity index (χ4v) is 1.54. The van der Waals surface area contributed by atoms with Gasteiger partial charge >= 0.3 is 5.97 Å². The van der Waals surface area contributed by atoms with Gasteiger partial charge in [0, 0.05) is 12.0 Å². The molecule has 1 aromatic carbocycles. The highest BCUT2D eigenvalue weighted by Gasteiger charge is 2.26. The number of ketones is 1. The van der Waals surface area contributed by atoms with Crippen LogP contribution in [0.4, 0.5) is 0 Å². The third-order valence-electron chi connectivity index (χ3n) is 3.46. The Morgan fingerprint density at radius 3 is 2.19 bits per heavy atom. The number of hydrogen-bond donors (Lipinski definition) is 0. The number of Topliss-reactive ketones (excluding diaryl/α,β-unsaturated/α-hetero) is 1. The van der Waals surface area contributed by atoms with Crippen LogP contribution in [-0.2, 0) is 20.7 Å². The number of aliphatic carboxylic acids is 1. The lowest BCUT2D eigenvalue weighted by molar-refractivity contribution is -0.296. The normalized spacial score (nSPS) is 11.0. The molecular weight excluding hydrogens is 272 g/mol. The Bertz CT molecular complexity index is 528. The largest absolute Gasteiger partial charge is 0.541 e. The minimum Gasteiger partial charge on any atom is -0.541 e. The molecule has 5 nitrogen and oxygen atoms in total. The Morgan fingerprint density at radius 2 is 1.71 bits per heavy atom. The number of rotatable bonds is 7. The van der Waals surface area contributed by atoms with Gasteiger partial charge in [-0.1, -0.05) is 31.2 Å². The number of ether oxygens (including phenoxy) is 1. The van der Waals surface area contributed by atoms with Gasteiger partial charge in [-0.15, -0.1) is 0 Å². The smallest absolute Gasteiger partial charge is 0.311 e. The quantitative estimate of drug-likeness (QED) is 0.427. The van der Waals surface area contributed by atoms with Crippen molar-refractivity contribution in [1.29, 1.82) is 0 Å². The molecule has 0 aromatic heterocycles. The first kappa shape index (κ1) is 16.9. The standard InChI is InChI=1S/C16H20O5/c1-4-16(2,3)15(20)21-10-9-11-5-7-12(8-6-11)13(17)14(18)19/h5-8H,4,9-10H2,1-3H3,(H,18,19)/p-1. The minimum atomic E-state index is -1.72. The molecule has 5 heteroatoms. The summed E-state index contributed by atoms with van der Waals surface area (Å²) in [6.45, 7) is 5.83. The average molecular weight is 291 g/mol. The van der Waals surface area contributed by atoms with Gasteiger partial charge in [0.15, 0.2) is 0 Å². The molecule has 0 bridgehead atoms. The first-order valence-corrected chi connectivity index (χ1v) is 6.79. The maximum absolute atomic E-state index is 11.8. The Kier molecular flexibility index (Phi) is 5.64. The van der Waals surface area contributed by atoms with Crippen molar-refractivity contribution >= 4 is 17.7 Å². The molecule has 0 amide bonds. The molecule has 0 aliphatic carbocycles. The molecule has 0 saturated heterocycles. The number of carboxylic acids is 1. The van der Waals surface area contributed by atoms with E-state index in [1.807, 2.05) is 20.8 Å². The molecule has 0 radical (unpaired) electrons. The molecule has 0 fully saturated rings. The lowest BCUT2D eigenvalue weighted by Crippen LogP contribution is -2.31. The summed E-state index contributed by atoms with van der Waals surface area (Å²) in [7, 11) is 0. The van der Waals surface area contributed by atoms with Gasteiger partial charge in [-0.25, -0.2) is 0 Å². The number of hydrogen-bond acceptors (Lipinski definition) is 5. The molecule has 0 aliphatic rings. The van der Waals surface area contributed by atoms with E-state index in [0.29, 0.717) is 12.8 Å². The fourth-order valence-electron chi connectivity index (χ4n) is 1.54. The topological polar surface area (TPSA) is 83.5 Å². The van der Waals surface area contributed by atoms with E-state index in [9.17, 15) is 19.5 Å². The van der Waals surface area contributed by atoms with Crippen molar-refractivity contribution < 1.29 is 24.2 Å². The molecule has 0 spiro atoms. The van der Waals surface area contributed by atoms with Crippen molar-refractivity contribution in [3.8, 4) is 0 Å². The summed E-state index contributed by atoms with van der Waals surface area (Å²) in [6, 6.07) is 6.11. The monoisotopic (exact) mass is 291 g/mol. The first-order valence-electron chi connectivity index (χ1n) is 6.79. The van der Waals surface area contributed by atoms with Gasteiger partial charge in [0.25, 0.3) is 0 Å². The summed E-state index contributed by atoms with van der Waals surface area (Å²) in [5, 5.41) is 10.4. The summed E-state index contributed by atoms with van der Waals surface area (Å²) in [5.41, 5.74) is 0.431. The SMILES string of the molecule is CCC(C)(C)C(=O)OCCc1ccc(C(=O)C(=O)[O-])cc1. The molecule has 114 valence electrons. The third kappa shape index (κ3) is 4.70. The lowest BCUT2D eigenvalue weighted by Gasteiger charge is -2.20. The Hall–Kier alpha value is -2.17. The molecule has 0 unspecified atom stereocenters. The van der Waals surface area contributed by atoms with Crippen LogP contribution in [-0.4, -0.2) is 24.3 Å². The molecular formula is C16H19O5-. The second-order valence-corrected chi connectivity index (χ2v) is 5.44. The maximum Gasteiger partial charge on any atom is 0.311 e. The zero-order valence-corrected chi connectivity index (χ0v) is 12.5. The van der Waals surface area contributed by atoms with E-state index >= 15 is 0 Å². The highest BCUT2D eigenvalue weighted by Crippen LogP contribution is 2.21. The van der Waals surface area contributed by atoms with E-state index in [1.165, 1.54) is 12.1 Å². The van der Waals surface area contributed by atoms with Crippen LogP contribution in [0.1, 0.15) is 43.1 Å². The van der Waals surface area contributed by atoms with Crippen LogP contribution in [0.15, 0.2) is 24.3 Å². The number of carbonyl (C=O) groups excluding carboxylic acids is 3. The first-order chi connectivity index (χ1) is 9.77. The Labute approximate surface area is 123 Å². The van der Waals surface area contributed by atoms with Crippen LogP contribution in [0, 0.1) is 5.41 Å². The predicted molar refractivity (Wildman–Crippen MR) is 74.5 cm³/mol. The number of esters is 1. The van der Waals surface area contributed by atoms with Crippen LogP contribution < -0.4 is 5.11 Å². The summed E-state index contributed by atoms with van der Waals surface area (Å²) in [4.78, 5) is 33.4. The fraction of sp³-hybridized carbons (Fsp3) is 0.438. The molecule has 21 heavy (non-hydrogen) atoms. The van der Waals surface area contributed by atoms with Crippen molar-refractivity contribution in [3.63, 3.8) is 0 Å². The van der Waals surface area contributed by atoms with Crippen molar-refractivity contribution in [2.75, 3.05) is 6.61 Å². The van der Waals surface area contributed by atoms with Crippen molar-refractivity contribution in [1.82, 2.24) is 0 Å². The highest BCUT2D eigenvalue weighted by molar-refractivity contribution is 6.38. The van der Waals surface area contributed by atoms with E-state index in [0.717, 1.165) is 5.56 Å². The summed E-state index contributed by atoms with van der Waals surface area (Å²) in [6.07, 6.45) is 1.21. The third-order valence-corrected chi connectivity index (χ3v) is 3.46. The van der Waals surface area contributed by atoms with Gasteiger partial charge in [0.05, 0.1) is 12.0 Å². The highest BCUT2D eigenvalue weighted by atomic mass is 16.5. The van der Waals surface area contributed by atoms with E-state index in [1.54, 1.807) is 12.1 Å². The average Bonchev–Trinajstić information content (AvgIpc) is 2.46. The van der Waals surface area contributed by atoms with E-state index in [4.69, 9.17) is 4.74 Å². The zero-order valence-electron chi connectivity index (χ0n) is 12.5. The van der Waals surface area contributed by atoms with Gasteiger partial charge in [0.1, 0.15) is 5.97 Å². The van der Waals surface area contributed by atoms with Gasteiger partial charge in [-0.2, -0.15) is 0 Å². The van der Waals surface area contributed by atoms with Crippen LogP contribution in [0.3, 0.4) is 0 Å². The summed E-state index contributed by atoms with van der Waals surface area (Å²) in [5.74, 6) is -3.01. The number of carbonyl (C=O) groups is 3. The lowest BCUT2D eigenvalue weighted by atomic mass is 9.91. The molecule has 0 aliphatic heterocycles. The minimum absolute atomic E-state index is 0.0721. The van der Waals surface area contributed by atoms with Gasteiger partial charge in [0.2, 0.25) is 5.78 Å².